The van der Waals surface area contributed by atoms with Gasteiger partial charge < -0.3 is 14.6 Å². The third kappa shape index (κ3) is 5.97. The highest BCUT2D eigenvalue weighted by molar-refractivity contribution is 6.37. The van der Waals surface area contributed by atoms with Crippen molar-refractivity contribution in [2.75, 3.05) is 13.7 Å². The second-order valence-corrected chi connectivity index (χ2v) is 7.46. The molecule has 30 heavy (non-hydrogen) atoms. The molecule has 1 aliphatic heterocycles. The van der Waals surface area contributed by atoms with E-state index in [4.69, 9.17) is 9.47 Å². The number of aryl methyl sites for hydroxylation is 1. The number of amides is 2. The number of carbonyl (C=O) groups is 1. The lowest BCUT2D eigenvalue weighted by molar-refractivity contribution is 0.0607. The molecule has 7 nitrogen and oxygen atoms in total. The first-order valence-corrected chi connectivity index (χ1v) is 10.1. The molecule has 3 rings (SSSR count). The van der Waals surface area contributed by atoms with Crippen LogP contribution in [0, 0.1) is 0 Å². The molecule has 0 saturated heterocycles. The minimum atomic E-state index is -1.32. The van der Waals surface area contributed by atoms with Crippen LogP contribution in [0.5, 0.6) is 11.5 Å². The number of aliphatic imine (C=N–C) groups is 2. The summed E-state index contributed by atoms with van der Waals surface area (Å²) < 4.78 is 11.3. The number of methoxy groups -OCH3 is 1. The fourth-order valence-electron chi connectivity index (χ4n) is 3.26. The van der Waals surface area contributed by atoms with E-state index in [1.165, 1.54) is 18.0 Å². The third-order valence-electron chi connectivity index (χ3n) is 4.90. The molecule has 2 amide bonds. The summed E-state index contributed by atoms with van der Waals surface area (Å²) in [7, 11) is 1.55. The summed E-state index contributed by atoms with van der Waals surface area (Å²) in [6.45, 7) is 2.17. The number of aromatic nitrogens is 1. The maximum absolute atomic E-state index is 11.2. The number of hydrogen-bond donors (Lipinski definition) is 1. The first kappa shape index (κ1) is 21.6. The first-order valence-electron chi connectivity index (χ1n) is 10.1. The van der Waals surface area contributed by atoms with Crippen molar-refractivity contribution in [3.05, 3.63) is 53.9 Å². The molecule has 1 N–H and O–H groups in total. The second-order valence-electron chi connectivity index (χ2n) is 7.46. The summed E-state index contributed by atoms with van der Waals surface area (Å²) in [5, 5.41) is 10.9. The largest absolute Gasteiger partial charge is 0.491 e. The zero-order valence-electron chi connectivity index (χ0n) is 17.4. The van der Waals surface area contributed by atoms with Gasteiger partial charge in [-0.2, -0.15) is 9.98 Å². The Labute approximate surface area is 176 Å². The van der Waals surface area contributed by atoms with Crippen LogP contribution in [0.4, 0.5) is 4.79 Å². The van der Waals surface area contributed by atoms with Crippen LogP contribution in [0.3, 0.4) is 0 Å². The van der Waals surface area contributed by atoms with Crippen LogP contribution < -0.4 is 9.47 Å². The number of hydrogen-bond acceptors (Lipinski definition) is 5. The van der Waals surface area contributed by atoms with Crippen LogP contribution in [0.2, 0.25) is 0 Å². The van der Waals surface area contributed by atoms with Crippen LogP contribution >= 0.6 is 0 Å². The molecule has 0 bridgehead atoms. The van der Waals surface area contributed by atoms with Gasteiger partial charge in [-0.05, 0) is 38.2 Å². The average Bonchev–Trinajstić information content (AvgIpc) is 3.15. The van der Waals surface area contributed by atoms with Crippen LogP contribution in [0.15, 0.2) is 52.6 Å². The van der Waals surface area contributed by atoms with Gasteiger partial charge in [0.2, 0.25) is 0 Å². The number of rotatable bonds is 11. The molecular weight excluding hydrogens is 382 g/mol. The molecule has 2 heterocycles. The molecule has 158 valence electrons. The van der Waals surface area contributed by atoms with E-state index in [9.17, 15) is 9.90 Å². The highest BCUT2D eigenvalue weighted by Gasteiger charge is 2.29. The van der Waals surface area contributed by atoms with E-state index in [0.29, 0.717) is 29.5 Å². The van der Waals surface area contributed by atoms with Gasteiger partial charge in [0.15, 0.2) is 11.5 Å². The normalized spacial score (nSPS) is 15.0. The summed E-state index contributed by atoms with van der Waals surface area (Å²) in [5.74, 6) is 1.04. The van der Waals surface area contributed by atoms with Gasteiger partial charge >= 0.3 is 6.03 Å². The van der Waals surface area contributed by atoms with Crippen molar-refractivity contribution in [1.82, 2.24) is 4.98 Å². The molecule has 1 aromatic heterocycles. The van der Waals surface area contributed by atoms with E-state index in [0.717, 1.165) is 25.7 Å². The zero-order valence-corrected chi connectivity index (χ0v) is 17.4. The summed E-state index contributed by atoms with van der Waals surface area (Å²) in [5.41, 5.74) is 0.858. The number of ether oxygens (including phenoxy) is 2. The molecule has 2 aromatic rings. The fraction of sp³-hybridized carbons (Fsp3) is 0.391. The molecule has 7 heteroatoms. The van der Waals surface area contributed by atoms with Gasteiger partial charge in [-0.3, -0.25) is 4.98 Å². The molecular formula is C23H27N3O4. The maximum Gasteiger partial charge on any atom is 0.367 e. The van der Waals surface area contributed by atoms with Crippen molar-refractivity contribution in [2.45, 2.75) is 44.6 Å². The Kier molecular flexibility index (Phi) is 7.30. The van der Waals surface area contributed by atoms with Gasteiger partial charge in [0, 0.05) is 12.5 Å². The lowest BCUT2D eigenvalue weighted by atomic mass is 9.94. The van der Waals surface area contributed by atoms with Crippen LogP contribution in [0.25, 0.3) is 0 Å². The van der Waals surface area contributed by atoms with Crippen LogP contribution in [-0.4, -0.2) is 41.8 Å². The standard InChI is InChI=1S/C23H27N3O4/c1-23(28,14-18-15-25-22(27)26-18)21-13-19(20(29-2)16-24-21)30-12-8-4-7-11-17-9-5-3-6-10-17/h3,5-6,9-10,13,15-16,28H,4,7-8,11-12,14H2,1-2H3. The van der Waals surface area contributed by atoms with Gasteiger partial charge in [0.1, 0.15) is 5.60 Å². The summed E-state index contributed by atoms with van der Waals surface area (Å²) in [6.07, 6.45) is 7.16. The molecule has 0 spiro atoms. The zero-order chi connectivity index (χ0) is 21.4. The van der Waals surface area contributed by atoms with Crippen molar-refractivity contribution < 1.29 is 19.4 Å². The number of benzene rings is 1. The predicted molar refractivity (Wildman–Crippen MR) is 116 cm³/mol. The van der Waals surface area contributed by atoms with Gasteiger partial charge in [-0.1, -0.05) is 30.3 Å². The van der Waals surface area contributed by atoms with Crippen LogP contribution in [-0.2, 0) is 12.0 Å². The highest BCUT2D eigenvalue weighted by Crippen LogP contribution is 2.32. The van der Waals surface area contributed by atoms with E-state index in [2.05, 4.69) is 39.2 Å². The smallest absolute Gasteiger partial charge is 0.367 e. The molecule has 0 saturated carbocycles. The van der Waals surface area contributed by atoms with E-state index in [1.807, 2.05) is 6.07 Å². The minimum absolute atomic E-state index is 0.125. The first-order chi connectivity index (χ1) is 14.5. The van der Waals surface area contributed by atoms with E-state index >= 15 is 0 Å². The molecule has 0 fully saturated rings. The molecule has 1 unspecified atom stereocenters. The predicted octanol–water partition coefficient (Wildman–Crippen LogP) is 4.13. The topological polar surface area (TPSA) is 93.4 Å². The van der Waals surface area contributed by atoms with Crippen molar-refractivity contribution in [3.63, 3.8) is 0 Å². The lowest BCUT2D eigenvalue weighted by Crippen LogP contribution is -2.26. The monoisotopic (exact) mass is 409 g/mol. The number of aliphatic hydroxyl groups is 1. The average molecular weight is 409 g/mol. The van der Waals surface area contributed by atoms with E-state index in [-0.39, 0.29) is 6.42 Å². The summed E-state index contributed by atoms with van der Waals surface area (Å²) in [6, 6.07) is 11.6. The molecule has 0 aliphatic carbocycles. The molecule has 1 atom stereocenters. The summed E-state index contributed by atoms with van der Waals surface area (Å²) in [4.78, 5) is 22.8. The SMILES string of the molecule is COc1cnc(C(C)(O)CC2=NC(=O)N=C2)cc1OCCCCCc1ccccc1. The van der Waals surface area contributed by atoms with Crippen molar-refractivity contribution in [1.29, 1.82) is 0 Å². The van der Waals surface area contributed by atoms with Gasteiger partial charge in [0.05, 0.1) is 37.5 Å². The Morgan fingerprint density at radius 1 is 1.10 bits per heavy atom. The number of nitrogens with zero attached hydrogens (tertiary/aromatic N) is 3. The number of unbranched alkanes of at least 4 members (excludes halogenated alkanes) is 2. The molecule has 1 aliphatic rings. The van der Waals surface area contributed by atoms with E-state index in [1.54, 1.807) is 20.1 Å². The Balaban J connectivity index is 1.54. The maximum atomic E-state index is 11.2. The lowest BCUT2D eigenvalue weighted by Gasteiger charge is -2.23. The Hall–Kier alpha value is -3.06. The summed E-state index contributed by atoms with van der Waals surface area (Å²) >= 11 is 0. The quantitative estimate of drug-likeness (QED) is 0.563. The second kappa shape index (κ2) is 10.1. The number of carbonyl (C=O) groups excluding carboxylic acids is 1. The minimum Gasteiger partial charge on any atom is -0.491 e. The van der Waals surface area contributed by atoms with Crippen molar-refractivity contribution in [2.24, 2.45) is 9.98 Å². The van der Waals surface area contributed by atoms with Crippen LogP contribution in [0.1, 0.15) is 43.9 Å². The highest BCUT2D eigenvalue weighted by atomic mass is 16.5. The molecule has 0 radical (unpaired) electrons. The number of urea groups is 1. The Morgan fingerprint density at radius 2 is 1.90 bits per heavy atom. The Morgan fingerprint density at radius 3 is 2.60 bits per heavy atom. The van der Waals surface area contributed by atoms with Crippen molar-refractivity contribution >= 4 is 18.0 Å². The third-order valence-corrected chi connectivity index (χ3v) is 4.90. The number of pyridine rings is 1. The van der Waals surface area contributed by atoms with Gasteiger partial charge in [-0.15, -0.1) is 0 Å². The molecule has 1 aromatic carbocycles. The Bertz CT molecular complexity index is 923. The van der Waals surface area contributed by atoms with Gasteiger partial charge in [-0.25, -0.2) is 4.79 Å². The fourth-order valence-corrected chi connectivity index (χ4v) is 3.26. The van der Waals surface area contributed by atoms with Crippen molar-refractivity contribution in [3.8, 4) is 11.5 Å². The van der Waals surface area contributed by atoms with Gasteiger partial charge in [0.25, 0.3) is 0 Å². The van der Waals surface area contributed by atoms with E-state index < -0.39 is 11.6 Å².